The van der Waals surface area contributed by atoms with Crippen LogP contribution in [0.5, 0.6) is 0 Å². The van der Waals surface area contributed by atoms with Crippen LogP contribution in [0.3, 0.4) is 0 Å². The highest BCUT2D eigenvalue weighted by Crippen LogP contribution is 2.39. The summed E-state index contributed by atoms with van der Waals surface area (Å²) in [5.74, 6) is -0.838. The molecule has 1 atom stereocenters. The second-order valence-corrected chi connectivity index (χ2v) is 6.50. The number of nitro groups is 1. The monoisotopic (exact) mass is 360 g/mol. The number of imide groups is 1. The summed E-state index contributed by atoms with van der Waals surface area (Å²) < 4.78 is 0. The van der Waals surface area contributed by atoms with Gasteiger partial charge in [0, 0.05) is 24.9 Å². The van der Waals surface area contributed by atoms with E-state index in [9.17, 15) is 19.7 Å². The lowest BCUT2D eigenvalue weighted by molar-refractivity contribution is -0.384. The fraction of sp³-hybridized carbons (Fsp3) is 0.312. The largest absolute Gasteiger partial charge is 0.362 e. The van der Waals surface area contributed by atoms with Gasteiger partial charge in [0.1, 0.15) is 5.69 Å². The third-order valence-corrected chi connectivity index (χ3v) is 5.05. The van der Waals surface area contributed by atoms with E-state index in [0.717, 1.165) is 0 Å². The average Bonchev–Trinajstić information content (AvgIpc) is 2.79. The minimum Gasteiger partial charge on any atom is -0.362 e. The van der Waals surface area contributed by atoms with Crippen molar-refractivity contribution < 1.29 is 14.5 Å². The standard InChI is InChI=1S/C16H13ClN4O4/c17-14-13(21(24)25)12(5-6-18-14)19-7-9(8-19)20-15(22)10-3-1-2-4-11(10)16(20)23/h1-3,5-6,9,11H,4,7-8H2. The predicted molar refractivity (Wildman–Crippen MR) is 89.1 cm³/mol. The molecule has 2 aliphatic heterocycles. The number of hydrogen-bond donors (Lipinski definition) is 0. The van der Waals surface area contributed by atoms with Gasteiger partial charge in [-0.2, -0.15) is 0 Å². The summed E-state index contributed by atoms with van der Waals surface area (Å²) in [7, 11) is 0. The lowest BCUT2D eigenvalue weighted by Crippen LogP contribution is -2.61. The van der Waals surface area contributed by atoms with Gasteiger partial charge in [-0.15, -0.1) is 0 Å². The van der Waals surface area contributed by atoms with Crippen LogP contribution in [0.2, 0.25) is 5.15 Å². The maximum Gasteiger partial charge on any atom is 0.329 e. The quantitative estimate of drug-likeness (QED) is 0.352. The van der Waals surface area contributed by atoms with Gasteiger partial charge >= 0.3 is 5.69 Å². The maximum absolute atomic E-state index is 12.5. The number of amides is 2. The SMILES string of the molecule is O=C1C2=CC=CCC2C(=O)N1C1CN(c2ccnc(Cl)c2[N+](=O)[O-])C1. The van der Waals surface area contributed by atoms with Crippen LogP contribution in [0, 0.1) is 16.0 Å². The van der Waals surface area contributed by atoms with Crippen LogP contribution in [0.15, 0.2) is 36.1 Å². The predicted octanol–water partition coefficient (Wildman–Crippen LogP) is 1.70. The van der Waals surface area contributed by atoms with Gasteiger partial charge in [0.15, 0.2) is 0 Å². The molecule has 1 unspecified atom stereocenters. The minimum atomic E-state index is -0.574. The summed E-state index contributed by atoms with van der Waals surface area (Å²) in [6, 6.07) is 1.22. The average molecular weight is 361 g/mol. The van der Waals surface area contributed by atoms with Crippen LogP contribution < -0.4 is 4.90 Å². The second-order valence-electron chi connectivity index (χ2n) is 6.14. The molecular formula is C16H13ClN4O4. The van der Waals surface area contributed by atoms with Crippen molar-refractivity contribution in [3.8, 4) is 0 Å². The Hall–Kier alpha value is -2.74. The molecule has 0 spiro atoms. The molecule has 0 bridgehead atoms. The van der Waals surface area contributed by atoms with Crippen LogP contribution >= 0.6 is 11.6 Å². The van der Waals surface area contributed by atoms with Gasteiger partial charge in [0.25, 0.3) is 5.91 Å². The molecule has 1 aromatic heterocycles. The maximum atomic E-state index is 12.5. The van der Waals surface area contributed by atoms with Gasteiger partial charge in [-0.05, 0) is 12.5 Å². The molecule has 0 radical (unpaired) electrons. The number of pyridine rings is 1. The minimum absolute atomic E-state index is 0.179. The van der Waals surface area contributed by atoms with Crippen molar-refractivity contribution in [1.82, 2.24) is 9.88 Å². The first kappa shape index (κ1) is 15.8. The van der Waals surface area contributed by atoms with Crippen LogP contribution in [-0.4, -0.2) is 45.8 Å². The summed E-state index contributed by atoms with van der Waals surface area (Å²) in [6.07, 6.45) is 7.29. The van der Waals surface area contributed by atoms with E-state index in [0.29, 0.717) is 30.8 Å². The smallest absolute Gasteiger partial charge is 0.329 e. The number of hydrogen-bond acceptors (Lipinski definition) is 6. The zero-order valence-corrected chi connectivity index (χ0v) is 13.7. The molecule has 9 heteroatoms. The van der Waals surface area contributed by atoms with Gasteiger partial charge in [-0.3, -0.25) is 24.6 Å². The number of fused-ring (bicyclic) bond motifs is 1. The molecule has 128 valence electrons. The summed E-state index contributed by atoms with van der Waals surface area (Å²) in [5, 5.41) is 11.0. The van der Waals surface area contributed by atoms with Crippen molar-refractivity contribution >= 4 is 34.8 Å². The number of carbonyl (C=O) groups excluding carboxylic acids is 2. The number of aromatic nitrogens is 1. The number of allylic oxidation sites excluding steroid dienone is 3. The first-order valence-corrected chi connectivity index (χ1v) is 8.14. The van der Waals surface area contributed by atoms with Crippen molar-refractivity contribution in [3.63, 3.8) is 0 Å². The van der Waals surface area contributed by atoms with Crippen molar-refractivity contribution in [2.75, 3.05) is 18.0 Å². The van der Waals surface area contributed by atoms with Gasteiger partial charge in [-0.25, -0.2) is 4.98 Å². The topological polar surface area (TPSA) is 96.7 Å². The molecule has 3 aliphatic rings. The summed E-state index contributed by atoms with van der Waals surface area (Å²) >= 11 is 5.83. The molecule has 0 saturated carbocycles. The van der Waals surface area contributed by atoms with Crippen molar-refractivity contribution in [3.05, 3.63) is 51.3 Å². The normalized spacial score (nSPS) is 22.8. The van der Waals surface area contributed by atoms with Gasteiger partial charge in [0.2, 0.25) is 11.1 Å². The Morgan fingerprint density at radius 3 is 2.76 bits per heavy atom. The molecule has 4 rings (SSSR count). The van der Waals surface area contributed by atoms with Gasteiger partial charge < -0.3 is 4.90 Å². The Kier molecular flexibility index (Phi) is 3.57. The highest BCUT2D eigenvalue weighted by molar-refractivity contribution is 6.32. The van der Waals surface area contributed by atoms with Gasteiger partial charge in [0.05, 0.1) is 16.9 Å². The molecule has 3 heterocycles. The van der Waals surface area contributed by atoms with E-state index in [1.807, 2.05) is 6.08 Å². The number of carbonyl (C=O) groups is 2. The van der Waals surface area contributed by atoms with E-state index in [4.69, 9.17) is 11.6 Å². The van der Waals surface area contributed by atoms with Crippen molar-refractivity contribution in [1.29, 1.82) is 0 Å². The molecule has 25 heavy (non-hydrogen) atoms. The Labute approximate surface area is 147 Å². The molecule has 2 amide bonds. The molecule has 2 fully saturated rings. The van der Waals surface area contributed by atoms with Crippen LogP contribution in [-0.2, 0) is 9.59 Å². The third-order valence-electron chi connectivity index (χ3n) is 4.77. The van der Waals surface area contributed by atoms with E-state index in [1.54, 1.807) is 17.1 Å². The molecule has 1 aromatic rings. The zero-order valence-electron chi connectivity index (χ0n) is 13.0. The summed E-state index contributed by atoms with van der Waals surface area (Å²) in [6.45, 7) is 0.679. The van der Waals surface area contributed by atoms with E-state index < -0.39 is 10.8 Å². The molecule has 1 aliphatic carbocycles. The lowest BCUT2D eigenvalue weighted by Gasteiger charge is -2.44. The summed E-state index contributed by atoms with van der Waals surface area (Å²) in [4.78, 5) is 42.4. The zero-order chi connectivity index (χ0) is 17.7. The van der Waals surface area contributed by atoms with E-state index in [1.165, 1.54) is 17.2 Å². The van der Waals surface area contributed by atoms with E-state index >= 15 is 0 Å². The van der Waals surface area contributed by atoms with Crippen LogP contribution in [0.1, 0.15) is 6.42 Å². The molecule has 0 N–H and O–H groups in total. The van der Waals surface area contributed by atoms with E-state index in [2.05, 4.69) is 4.98 Å². The number of nitrogens with zero attached hydrogens (tertiary/aromatic N) is 4. The van der Waals surface area contributed by atoms with Crippen LogP contribution in [0.25, 0.3) is 0 Å². The highest BCUT2D eigenvalue weighted by Gasteiger charge is 2.49. The lowest BCUT2D eigenvalue weighted by atomic mass is 9.94. The Morgan fingerprint density at radius 1 is 1.32 bits per heavy atom. The summed E-state index contributed by atoms with van der Waals surface area (Å²) in [5.41, 5.74) is 0.616. The van der Waals surface area contributed by atoms with Crippen molar-refractivity contribution in [2.45, 2.75) is 12.5 Å². The molecular weight excluding hydrogens is 348 g/mol. The first-order chi connectivity index (χ1) is 12.0. The molecule has 2 saturated heterocycles. The molecule has 8 nitrogen and oxygen atoms in total. The number of halogens is 1. The Bertz CT molecular complexity index is 860. The Balaban J connectivity index is 1.54. The van der Waals surface area contributed by atoms with Crippen molar-refractivity contribution in [2.24, 2.45) is 5.92 Å². The number of likely N-dealkylation sites (tertiary alicyclic amines) is 1. The second kappa shape index (κ2) is 5.66. The first-order valence-electron chi connectivity index (χ1n) is 7.77. The van der Waals surface area contributed by atoms with Gasteiger partial charge in [-0.1, -0.05) is 29.8 Å². The number of anilines is 1. The highest BCUT2D eigenvalue weighted by atomic mass is 35.5. The Morgan fingerprint density at radius 2 is 2.08 bits per heavy atom. The number of rotatable bonds is 3. The third kappa shape index (κ3) is 2.32. The van der Waals surface area contributed by atoms with E-state index in [-0.39, 0.29) is 28.7 Å². The fourth-order valence-corrected chi connectivity index (χ4v) is 3.72. The molecule has 0 aromatic carbocycles. The fourth-order valence-electron chi connectivity index (χ4n) is 3.49. The van der Waals surface area contributed by atoms with Crippen LogP contribution in [0.4, 0.5) is 11.4 Å².